The lowest BCUT2D eigenvalue weighted by molar-refractivity contribution is 0.254. The van der Waals surface area contributed by atoms with Crippen LogP contribution in [-0.2, 0) is 6.54 Å². The maximum absolute atomic E-state index is 11.3. The van der Waals surface area contributed by atoms with Gasteiger partial charge in [-0.25, -0.2) is 9.48 Å². The third-order valence-corrected chi connectivity index (χ3v) is 3.00. The van der Waals surface area contributed by atoms with Crippen LogP contribution in [0.15, 0.2) is 30.6 Å². The topological polar surface area (TPSA) is 75.1 Å². The van der Waals surface area contributed by atoms with E-state index in [0.717, 1.165) is 24.6 Å². The predicted molar refractivity (Wildman–Crippen MR) is 71.5 cm³/mol. The number of nitrogens with zero attached hydrogens (tertiary/aromatic N) is 4. The lowest BCUT2D eigenvalue weighted by Gasteiger charge is -2.15. The molecule has 19 heavy (non-hydrogen) atoms. The number of urea groups is 1. The van der Waals surface area contributed by atoms with Gasteiger partial charge in [-0.05, 0) is 12.1 Å². The molecule has 2 aromatic heterocycles. The van der Waals surface area contributed by atoms with Gasteiger partial charge in [-0.2, -0.15) is 5.10 Å². The first-order valence-corrected chi connectivity index (χ1v) is 6.02. The Morgan fingerprint density at radius 1 is 1.42 bits per heavy atom. The van der Waals surface area contributed by atoms with Crippen LogP contribution in [-0.4, -0.2) is 34.4 Å². The zero-order valence-corrected chi connectivity index (χ0v) is 10.5. The SMILES string of the molecule is CNC(=O)Nc1cc2n(n1)CCN2c1cccnc1. The van der Waals surface area contributed by atoms with Gasteiger partial charge in [0.25, 0.3) is 0 Å². The highest BCUT2D eigenvalue weighted by atomic mass is 16.2. The maximum Gasteiger partial charge on any atom is 0.320 e. The summed E-state index contributed by atoms with van der Waals surface area (Å²) < 4.78 is 1.87. The molecule has 1 aliphatic heterocycles. The zero-order chi connectivity index (χ0) is 13.2. The molecule has 0 fully saturated rings. The van der Waals surface area contributed by atoms with Gasteiger partial charge in [-0.3, -0.25) is 10.3 Å². The van der Waals surface area contributed by atoms with Crippen molar-refractivity contribution >= 4 is 23.4 Å². The van der Waals surface area contributed by atoms with Crippen LogP contribution >= 0.6 is 0 Å². The molecule has 0 aromatic carbocycles. The molecule has 2 aromatic rings. The molecule has 0 bridgehead atoms. The summed E-state index contributed by atoms with van der Waals surface area (Å²) in [6.07, 6.45) is 3.56. The van der Waals surface area contributed by atoms with Gasteiger partial charge in [0.1, 0.15) is 5.82 Å². The largest absolute Gasteiger partial charge is 0.341 e. The van der Waals surface area contributed by atoms with E-state index >= 15 is 0 Å². The molecule has 98 valence electrons. The molecule has 0 saturated carbocycles. The zero-order valence-electron chi connectivity index (χ0n) is 10.5. The molecule has 0 spiro atoms. The van der Waals surface area contributed by atoms with Crippen molar-refractivity contribution in [2.45, 2.75) is 6.54 Å². The summed E-state index contributed by atoms with van der Waals surface area (Å²) >= 11 is 0. The number of carbonyl (C=O) groups excluding carboxylic acids is 1. The standard InChI is InChI=1S/C12H14N6O/c1-13-12(19)15-10-7-11-17(5-6-18(11)16-10)9-3-2-4-14-8-9/h2-4,7-8H,5-6H2,1H3,(H2,13,15,16,19). The van der Waals surface area contributed by atoms with Gasteiger partial charge in [0, 0.05) is 25.9 Å². The molecule has 0 aliphatic carbocycles. The third kappa shape index (κ3) is 2.10. The summed E-state index contributed by atoms with van der Waals surface area (Å²) in [5.74, 6) is 1.50. The van der Waals surface area contributed by atoms with Crippen molar-refractivity contribution in [3.8, 4) is 0 Å². The summed E-state index contributed by atoms with van der Waals surface area (Å²) in [4.78, 5) is 17.5. The molecule has 7 heteroatoms. The number of hydrogen-bond acceptors (Lipinski definition) is 4. The Balaban J connectivity index is 1.86. The first-order valence-electron chi connectivity index (χ1n) is 6.02. The Morgan fingerprint density at radius 2 is 2.32 bits per heavy atom. The molecule has 1 aliphatic rings. The third-order valence-electron chi connectivity index (χ3n) is 3.00. The van der Waals surface area contributed by atoms with Gasteiger partial charge in [0.2, 0.25) is 0 Å². The fourth-order valence-electron chi connectivity index (χ4n) is 2.11. The average molecular weight is 258 g/mol. The van der Waals surface area contributed by atoms with E-state index in [-0.39, 0.29) is 6.03 Å². The Hall–Kier alpha value is -2.57. The van der Waals surface area contributed by atoms with Gasteiger partial charge >= 0.3 is 6.03 Å². The van der Waals surface area contributed by atoms with Crippen molar-refractivity contribution in [3.63, 3.8) is 0 Å². The van der Waals surface area contributed by atoms with Crippen molar-refractivity contribution in [2.24, 2.45) is 0 Å². The Bertz CT molecular complexity index is 594. The number of aromatic nitrogens is 3. The predicted octanol–water partition coefficient (Wildman–Crippen LogP) is 1.18. The van der Waals surface area contributed by atoms with E-state index in [0.29, 0.717) is 5.82 Å². The van der Waals surface area contributed by atoms with Crippen LogP contribution < -0.4 is 15.5 Å². The highest BCUT2D eigenvalue weighted by Gasteiger charge is 2.23. The number of nitrogens with one attached hydrogen (secondary N) is 2. The van der Waals surface area contributed by atoms with Crippen LogP contribution in [0, 0.1) is 0 Å². The molecule has 0 unspecified atom stereocenters. The maximum atomic E-state index is 11.3. The van der Waals surface area contributed by atoms with Gasteiger partial charge in [0.05, 0.1) is 18.4 Å². The number of anilines is 3. The summed E-state index contributed by atoms with van der Waals surface area (Å²) in [5, 5.41) is 9.50. The van der Waals surface area contributed by atoms with Gasteiger partial charge in [0.15, 0.2) is 5.82 Å². The van der Waals surface area contributed by atoms with E-state index in [9.17, 15) is 4.79 Å². The quantitative estimate of drug-likeness (QED) is 0.848. The summed E-state index contributed by atoms with van der Waals surface area (Å²) in [6, 6.07) is 5.49. The van der Waals surface area contributed by atoms with Crippen LogP contribution in [0.3, 0.4) is 0 Å². The number of amides is 2. The van der Waals surface area contributed by atoms with Crippen LogP contribution in [0.2, 0.25) is 0 Å². The van der Waals surface area contributed by atoms with Crippen molar-refractivity contribution in [2.75, 3.05) is 23.8 Å². The summed E-state index contributed by atoms with van der Waals surface area (Å²) in [6.45, 7) is 1.65. The molecule has 2 amide bonds. The van der Waals surface area contributed by atoms with E-state index in [1.165, 1.54) is 0 Å². The van der Waals surface area contributed by atoms with E-state index in [4.69, 9.17) is 0 Å². The molecule has 0 radical (unpaired) electrons. The Labute approximate surface area is 110 Å². The summed E-state index contributed by atoms with van der Waals surface area (Å²) in [7, 11) is 1.57. The number of hydrogen-bond donors (Lipinski definition) is 2. The second kappa shape index (κ2) is 4.60. The number of pyridine rings is 1. The number of fused-ring (bicyclic) bond motifs is 1. The van der Waals surface area contributed by atoms with Crippen LogP contribution in [0.1, 0.15) is 0 Å². The van der Waals surface area contributed by atoms with Crippen molar-refractivity contribution in [1.82, 2.24) is 20.1 Å². The van der Waals surface area contributed by atoms with Crippen molar-refractivity contribution < 1.29 is 4.79 Å². The molecular weight excluding hydrogens is 244 g/mol. The minimum Gasteiger partial charge on any atom is -0.341 e. The monoisotopic (exact) mass is 258 g/mol. The van der Waals surface area contributed by atoms with E-state index < -0.39 is 0 Å². The van der Waals surface area contributed by atoms with Crippen molar-refractivity contribution in [1.29, 1.82) is 0 Å². The molecule has 3 heterocycles. The molecule has 7 nitrogen and oxygen atoms in total. The summed E-state index contributed by atoms with van der Waals surface area (Å²) in [5.41, 5.74) is 1.02. The van der Waals surface area contributed by atoms with E-state index in [2.05, 4.69) is 25.6 Å². The molecule has 0 atom stereocenters. The van der Waals surface area contributed by atoms with Gasteiger partial charge in [-0.1, -0.05) is 0 Å². The molecule has 2 N–H and O–H groups in total. The van der Waals surface area contributed by atoms with Crippen LogP contribution in [0.4, 0.5) is 22.1 Å². The molecule has 0 saturated heterocycles. The smallest absolute Gasteiger partial charge is 0.320 e. The first kappa shape index (κ1) is 11.5. The fourth-order valence-corrected chi connectivity index (χ4v) is 2.11. The second-order valence-electron chi connectivity index (χ2n) is 4.18. The van der Waals surface area contributed by atoms with Crippen LogP contribution in [0.25, 0.3) is 0 Å². The highest BCUT2D eigenvalue weighted by molar-refractivity contribution is 5.88. The normalized spacial score (nSPS) is 13.2. The molecular formula is C12H14N6O. The fraction of sp³-hybridized carbons (Fsp3) is 0.250. The number of carbonyl (C=O) groups is 1. The minimum absolute atomic E-state index is 0.273. The highest BCUT2D eigenvalue weighted by Crippen LogP contribution is 2.31. The lowest BCUT2D eigenvalue weighted by atomic mass is 10.3. The Kier molecular flexibility index (Phi) is 2.79. The van der Waals surface area contributed by atoms with E-state index in [1.54, 1.807) is 13.2 Å². The Morgan fingerprint density at radius 3 is 3.05 bits per heavy atom. The lowest BCUT2D eigenvalue weighted by Crippen LogP contribution is -2.24. The average Bonchev–Trinajstić information content (AvgIpc) is 2.99. The van der Waals surface area contributed by atoms with E-state index in [1.807, 2.05) is 29.1 Å². The van der Waals surface area contributed by atoms with Crippen molar-refractivity contribution in [3.05, 3.63) is 30.6 Å². The van der Waals surface area contributed by atoms with Gasteiger partial charge in [-0.15, -0.1) is 0 Å². The van der Waals surface area contributed by atoms with Gasteiger partial charge < -0.3 is 10.2 Å². The second-order valence-corrected chi connectivity index (χ2v) is 4.18. The molecule has 3 rings (SSSR count). The van der Waals surface area contributed by atoms with Crippen LogP contribution in [0.5, 0.6) is 0 Å². The first-order chi connectivity index (χ1) is 9.28. The minimum atomic E-state index is -0.273. The number of rotatable bonds is 2.